The van der Waals surface area contributed by atoms with Crippen molar-refractivity contribution in [2.24, 2.45) is 0 Å². The quantitative estimate of drug-likeness (QED) is 0.915. The van der Waals surface area contributed by atoms with E-state index in [1.54, 1.807) is 19.2 Å². The molecule has 0 atom stereocenters. The Hall–Kier alpha value is -2.28. The van der Waals surface area contributed by atoms with Crippen LogP contribution in [0.3, 0.4) is 0 Å². The van der Waals surface area contributed by atoms with Crippen molar-refractivity contribution in [1.29, 1.82) is 0 Å². The lowest BCUT2D eigenvalue weighted by atomic mass is 10.1. The lowest BCUT2D eigenvalue weighted by Crippen LogP contribution is -2.38. The predicted molar refractivity (Wildman–Crippen MR) is 96.9 cm³/mol. The molecule has 0 spiro atoms. The molecule has 2 saturated heterocycles. The molecule has 2 aromatic rings. The summed E-state index contributed by atoms with van der Waals surface area (Å²) in [5.74, 6) is 2.19. The smallest absolute Gasteiger partial charge is 0.228 e. The number of phenolic OH excluding ortho intramolecular Hbond substituents is 1. The Balaban J connectivity index is 1.84. The Morgan fingerprint density at radius 3 is 2.48 bits per heavy atom. The van der Waals surface area contributed by atoms with Crippen molar-refractivity contribution in [1.82, 2.24) is 9.97 Å². The van der Waals surface area contributed by atoms with E-state index in [1.165, 1.54) is 19.3 Å². The standard InChI is InChI=1S/C18H24N4O3/c1-24-16-12-14-13(11-15(16)23)17(21-5-3-2-4-6-21)20-18(19-14)22-7-9-25-10-8-22/h11-12,23H,2-10H2,1H3. The third-order valence-corrected chi connectivity index (χ3v) is 4.91. The van der Waals surface area contributed by atoms with E-state index in [-0.39, 0.29) is 5.75 Å². The van der Waals surface area contributed by atoms with Crippen molar-refractivity contribution in [3.05, 3.63) is 12.1 Å². The summed E-state index contributed by atoms with van der Waals surface area (Å²) >= 11 is 0. The average Bonchev–Trinajstić information content (AvgIpc) is 2.68. The third-order valence-electron chi connectivity index (χ3n) is 4.91. The van der Waals surface area contributed by atoms with Crippen LogP contribution in [0.2, 0.25) is 0 Å². The topological polar surface area (TPSA) is 71.0 Å². The SMILES string of the molecule is COc1cc2nc(N3CCOCC3)nc(N3CCCCC3)c2cc1O. The highest BCUT2D eigenvalue weighted by Gasteiger charge is 2.22. The first-order valence-corrected chi connectivity index (χ1v) is 8.92. The van der Waals surface area contributed by atoms with Crippen molar-refractivity contribution in [2.45, 2.75) is 19.3 Å². The summed E-state index contributed by atoms with van der Waals surface area (Å²) in [6.07, 6.45) is 3.59. The van der Waals surface area contributed by atoms with E-state index < -0.39 is 0 Å². The number of ether oxygens (including phenoxy) is 2. The number of morpholine rings is 1. The van der Waals surface area contributed by atoms with Crippen LogP contribution in [0.4, 0.5) is 11.8 Å². The van der Waals surface area contributed by atoms with Gasteiger partial charge in [-0.05, 0) is 25.3 Å². The third kappa shape index (κ3) is 3.16. The molecule has 25 heavy (non-hydrogen) atoms. The Morgan fingerprint density at radius 1 is 1.00 bits per heavy atom. The summed E-state index contributed by atoms with van der Waals surface area (Å²) in [4.78, 5) is 14.1. The van der Waals surface area contributed by atoms with Gasteiger partial charge >= 0.3 is 0 Å². The number of hydrogen-bond acceptors (Lipinski definition) is 7. The maximum Gasteiger partial charge on any atom is 0.228 e. The van der Waals surface area contributed by atoms with Gasteiger partial charge in [0, 0.05) is 37.6 Å². The highest BCUT2D eigenvalue weighted by molar-refractivity contribution is 5.93. The number of anilines is 2. The number of fused-ring (bicyclic) bond motifs is 1. The number of benzene rings is 1. The van der Waals surface area contributed by atoms with Crippen LogP contribution in [-0.2, 0) is 4.74 Å². The van der Waals surface area contributed by atoms with Crippen LogP contribution in [0.5, 0.6) is 11.5 Å². The predicted octanol–water partition coefficient (Wildman–Crippen LogP) is 2.17. The molecule has 134 valence electrons. The first-order valence-electron chi connectivity index (χ1n) is 8.92. The molecule has 0 saturated carbocycles. The highest BCUT2D eigenvalue weighted by atomic mass is 16.5. The molecule has 4 rings (SSSR count). The van der Waals surface area contributed by atoms with E-state index in [0.717, 1.165) is 48.8 Å². The summed E-state index contributed by atoms with van der Waals surface area (Å²) in [7, 11) is 1.55. The van der Waals surface area contributed by atoms with E-state index in [4.69, 9.17) is 19.4 Å². The minimum Gasteiger partial charge on any atom is -0.504 e. The molecule has 0 unspecified atom stereocenters. The van der Waals surface area contributed by atoms with E-state index in [0.29, 0.717) is 19.0 Å². The summed E-state index contributed by atoms with van der Waals surface area (Å²) < 4.78 is 10.7. The normalized spacial score (nSPS) is 18.6. The molecule has 0 aliphatic carbocycles. The second-order valence-corrected chi connectivity index (χ2v) is 6.54. The molecule has 1 aromatic carbocycles. The minimum absolute atomic E-state index is 0.121. The van der Waals surface area contributed by atoms with Crippen LogP contribution in [0.25, 0.3) is 10.9 Å². The van der Waals surface area contributed by atoms with Crippen molar-refractivity contribution < 1.29 is 14.6 Å². The Kier molecular flexibility index (Phi) is 4.48. The monoisotopic (exact) mass is 344 g/mol. The van der Waals surface area contributed by atoms with Crippen LogP contribution in [-0.4, -0.2) is 61.6 Å². The summed E-state index contributed by atoms with van der Waals surface area (Å²) in [5.41, 5.74) is 0.798. The first-order chi connectivity index (χ1) is 12.3. The molecular formula is C18H24N4O3. The van der Waals surface area contributed by atoms with Gasteiger partial charge in [0.25, 0.3) is 0 Å². The second-order valence-electron chi connectivity index (χ2n) is 6.54. The van der Waals surface area contributed by atoms with Crippen molar-refractivity contribution in [3.8, 4) is 11.5 Å². The lowest BCUT2D eigenvalue weighted by Gasteiger charge is -2.31. The largest absolute Gasteiger partial charge is 0.504 e. The van der Waals surface area contributed by atoms with Crippen molar-refractivity contribution in [3.63, 3.8) is 0 Å². The molecule has 3 heterocycles. The first kappa shape index (κ1) is 16.2. The number of phenols is 1. The second kappa shape index (κ2) is 6.92. The zero-order valence-electron chi connectivity index (χ0n) is 14.6. The van der Waals surface area contributed by atoms with E-state index in [2.05, 4.69) is 9.80 Å². The van der Waals surface area contributed by atoms with E-state index >= 15 is 0 Å². The van der Waals surface area contributed by atoms with Gasteiger partial charge in [0.15, 0.2) is 11.5 Å². The average molecular weight is 344 g/mol. The summed E-state index contributed by atoms with van der Waals surface area (Å²) in [6, 6.07) is 3.52. The maximum absolute atomic E-state index is 10.2. The fourth-order valence-corrected chi connectivity index (χ4v) is 3.53. The number of piperidine rings is 1. The van der Waals surface area contributed by atoms with Gasteiger partial charge in [-0.15, -0.1) is 0 Å². The van der Waals surface area contributed by atoms with Gasteiger partial charge in [0.05, 0.1) is 25.8 Å². The molecule has 0 amide bonds. The van der Waals surface area contributed by atoms with Crippen LogP contribution in [0.1, 0.15) is 19.3 Å². The zero-order valence-corrected chi connectivity index (χ0v) is 14.6. The number of methoxy groups -OCH3 is 1. The number of nitrogens with zero attached hydrogens (tertiary/aromatic N) is 4. The Morgan fingerprint density at radius 2 is 1.76 bits per heavy atom. The van der Waals surface area contributed by atoms with Crippen LogP contribution < -0.4 is 14.5 Å². The number of aromatic hydroxyl groups is 1. The summed E-state index contributed by atoms with van der Waals surface area (Å²) in [5, 5.41) is 11.1. The summed E-state index contributed by atoms with van der Waals surface area (Å²) in [6.45, 7) is 4.95. The van der Waals surface area contributed by atoms with Gasteiger partial charge in [-0.3, -0.25) is 0 Å². The fraction of sp³-hybridized carbons (Fsp3) is 0.556. The minimum atomic E-state index is 0.121. The highest BCUT2D eigenvalue weighted by Crippen LogP contribution is 2.36. The maximum atomic E-state index is 10.2. The van der Waals surface area contributed by atoms with E-state index in [9.17, 15) is 5.11 Å². The Labute approximate surface area is 147 Å². The van der Waals surface area contributed by atoms with Gasteiger partial charge in [0.2, 0.25) is 5.95 Å². The van der Waals surface area contributed by atoms with Gasteiger partial charge < -0.3 is 24.4 Å². The number of rotatable bonds is 3. The molecule has 1 N–H and O–H groups in total. The van der Waals surface area contributed by atoms with Gasteiger partial charge in [0.1, 0.15) is 5.82 Å². The van der Waals surface area contributed by atoms with Crippen LogP contribution in [0, 0.1) is 0 Å². The zero-order chi connectivity index (χ0) is 17.2. The molecular weight excluding hydrogens is 320 g/mol. The van der Waals surface area contributed by atoms with E-state index in [1.807, 2.05) is 0 Å². The van der Waals surface area contributed by atoms with Crippen LogP contribution in [0.15, 0.2) is 12.1 Å². The molecule has 2 aliphatic rings. The van der Waals surface area contributed by atoms with Gasteiger partial charge in [-0.1, -0.05) is 0 Å². The number of aromatic nitrogens is 2. The van der Waals surface area contributed by atoms with Crippen molar-refractivity contribution in [2.75, 3.05) is 56.3 Å². The molecule has 0 bridgehead atoms. The molecule has 7 heteroatoms. The van der Waals surface area contributed by atoms with Gasteiger partial charge in [-0.2, -0.15) is 4.98 Å². The Bertz CT molecular complexity index is 756. The molecule has 0 radical (unpaired) electrons. The fourth-order valence-electron chi connectivity index (χ4n) is 3.53. The molecule has 7 nitrogen and oxygen atoms in total. The number of hydrogen-bond donors (Lipinski definition) is 1. The molecule has 2 aliphatic heterocycles. The molecule has 1 aromatic heterocycles. The van der Waals surface area contributed by atoms with Gasteiger partial charge in [-0.25, -0.2) is 4.98 Å². The van der Waals surface area contributed by atoms with Crippen LogP contribution >= 0.6 is 0 Å². The lowest BCUT2D eigenvalue weighted by molar-refractivity contribution is 0.122. The molecule has 2 fully saturated rings. The van der Waals surface area contributed by atoms with Crippen molar-refractivity contribution >= 4 is 22.7 Å².